The highest BCUT2D eigenvalue weighted by atomic mass is 16.5. The van der Waals surface area contributed by atoms with Crippen LogP contribution in [0.15, 0.2) is 42.5 Å². The largest absolute Gasteiger partial charge is 0.485 e. The molecule has 26 heavy (non-hydrogen) atoms. The molecule has 2 aromatic carbocycles. The van der Waals surface area contributed by atoms with Gasteiger partial charge in [-0.2, -0.15) is 0 Å². The summed E-state index contributed by atoms with van der Waals surface area (Å²) < 4.78 is 16.3. The lowest BCUT2D eigenvalue weighted by Gasteiger charge is -2.27. The third-order valence-electron chi connectivity index (χ3n) is 3.99. The predicted molar refractivity (Wildman–Crippen MR) is 98.1 cm³/mol. The number of fused-ring (bicyclic) bond motifs is 1. The average Bonchev–Trinajstić information content (AvgIpc) is 2.60. The quantitative estimate of drug-likeness (QED) is 0.608. The molecule has 1 aliphatic heterocycles. The molecule has 0 spiro atoms. The number of carbonyl (C=O) groups is 2. The van der Waals surface area contributed by atoms with E-state index in [9.17, 15) is 9.59 Å². The van der Waals surface area contributed by atoms with E-state index in [0.29, 0.717) is 17.2 Å². The predicted octanol–water partition coefficient (Wildman–Crippen LogP) is 4.25. The van der Waals surface area contributed by atoms with E-state index in [1.54, 1.807) is 24.3 Å². The molecule has 0 aliphatic carbocycles. The van der Waals surface area contributed by atoms with E-state index in [0.717, 1.165) is 23.1 Å². The van der Waals surface area contributed by atoms with Gasteiger partial charge in [-0.25, -0.2) is 0 Å². The van der Waals surface area contributed by atoms with E-state index in [1.807, 2.05) is 25.1 Å². The van der Waals surface area contributed by atoms with Crippen molar-refractivity contribution < 1.29 is 23.8 Å². The Morgan fingerprint density at radius 3 is 2.19 bits per heavy atom. The average molecular weight is 352 g/mol. The highest BCUT2D eigenvalue weighted by Crippen LogP contribution is 2.38. The van der Waals surface area contributed by atoms with Crippen LogP contribution in [0.1, 0.15) is 38.3 Å². The van der Waals surface area contributed by atoms with Gasteiger partial charge in [-0.15, -0.1) is 0 Å². The first-order valence-corrected chi connectivity index (χ1v) is 8.46. The third kappa shape index (κ3) is 3.94. The Kier molecular flexibility index (Phi) is 5.07. The number of hydrogen-bond donors (Lipinski definition) is 0. The standard InChI is InChI=1S/C21H20O5/c1-4-20-19(15-5-8-17(9-6-15)24-13(2)22)11-16-7-10-18(25-14(3)23)12-21(16)26-20/h5-12,20H,4H2,1-3H3/t20-/m1/s1. The molecule has 0 saturated heterocycles. The lowest BCUT2D eigenvalue weighted by molar-refractivity contribution is -0.132. The van der Waals surface area contributed by atoms with Crippen LogP contribution in [0.25, 0.3) is 11.6 Å². The van der Waals surface area contributed by atoms with Gasteiger partial charge in [0.2, 0.25) is 0 Å². The van der Waals surface area contributed by atoms with Crippen LogP contribution in [0.2, 0.25) is 0 Å². The summed E-state index contributed by atoms with van der Waals surface area (Å²) in [6.45, 7) is 4.79. The first-order chi connectivity index (χ1) is 12.5. The second kappa shape index (κ2) is 7.44. The zero-order valence-corrected chi connectivity index (χ0v) is 14.9. The Bertz CT molecular complexity index is 864. The summed E-state index contributed by atoms with van der Waals surface area (Å²) >= 11 is 0. The van der Waals surface area contributed by atoms with Crippen LogP contribution in [0.3, 0.4) is 0 Å². The molecule has 1 atom stereocenters. The van der Waals surface area contributed by atoms with Gasteiger partial charge in [0.25, 0.3) is 0 Å². The van der Waals surface area contributed by atoms with E-state index in [-0.39, 0.29) is 18.0 Å². The van der Waals surface area contributed by atoms with Crippen LogP contribution in [0, 0.1) is 0 Å². The lowest BCUT2D eigenvalue weighted by Crippen LogP contribution is -2.21. The van der Waals surface area contributed by atoms with Gasteiger partial charge in [0, 0.05) is 31.1 Å². The molecule has 0 bridgehead atoms. The minimum Gasteiger partial charge on any atom is -0.485 e. The van der Waals surface area contributed by atoms with Gasteiger partial charge in [0.1, 0.15) is 23.4 Å². The van der Waals surface area contributed by atoms with Gasteiger partial charge in [-0.05, 0) is 42.3 Å². The van der Waals surface area contributed by atoms with E-state index in [4.69, 9.17) is 14.2 Å². The Morgan fingerprint density at radius 1 is 0.962 bits per heavy atom. The van der Waals surface area contributed by atoms with Crippen molar-refractivity contribution in [2.45, 2.75) is 33.3 Å². The van der Waals surface area contributed by atoms with Crippen molar-refractivity contribution in [3.05, 3.63) is 53.6 Å². The molecule has 5 nitrogen and oxygen atoms in total. The van der Waals surface area contributed by atoms with Crippen molar-refractivity contribution in [1.82, 2.24) is 0 Å². The number of benzene rings is 2. The monoisotopic (exact) mass is 352 g/mol. The zero-order valence-electron chi connectivity index (χ0n) is 14.9. The smallest absolute Gasteiger partial charge is 0.308 e. The van der Waals surface area contributed by atoms with Crippen molar-refractivity contribution in [2.75, 3.05) is 0 Å². The van der Waals surface area contributed by atoms with Crippen LogP contribution in [-0.4, -0.2) is 18.0 Å². The molecule has 0 N–H and O–H groups in total. The molecule has 2 aromatic rings. The third-order valence-corrected chi connectivity index (χ3v) is 3.99. The number of hydrogen-bond acceptors (Lipinski definition) is 5. The Labute approximate surface area is 152 Å². The second-order valence-electron chi connectivity index (χ2n) is 6.03. The maximum atomic E-state index is 11.1. The fourth-order valence-electron chi connectivity index (χ4n) is 2.90. The van der Waals surface area contributed by atoms with Crippen LogP contribution in [0.5, 0.6) is 17.2 Å². The molecule has 0 fully saturated rings. The summed E-state index contributed by atoms with van der Waals surface area (Å²) in [4.78, 5) is 22.2. The van der Waals surface area contributed by atoms with Crippen LogP contribution in [0.4, 0.5) is 0 Å². The van der Waals surface area contributed by atoms with E-state index < -0.39 is 0 Å². The SMILES string of the molecule is CC[C@H]1Oc2cc(OC(C)=O)ccc2C=C1c1ccc(OC(C)=O)cc1. The minimum absolute atomic E-state index is 0.116. The first-order valence-electron chi connectivity index (χ1n) is 8.46. The number of carbonyl (C=O) groups excluding carboxylic acids is 2. The number of rotatable bonds is 4. The molecular weight excluding hydrogens is 332 g/mol. The molecule has 0 amide bonds. The van der Waals surface area contributed by atoms with Gasteiger partial charge in [0.15, 0.2) is 0 Å². The van der Waals surface area contributed by atoms with Gasteiger partial charge in [-0.3, -0.25) is 9.59 Å². The fraction of sp³-hybridized carbons (Fsp3) is 0.238. The van der Waals surface area contributed by atoms with Gasteiger partial charge >= 0.3 is 11.9 Å². The van der Waals surface area contributed by atoms with E-state index in [2.05, 4.69) is 6.08 Å². The Morgan fingerprint density at radius 2 is 1.58 bits per heavy atom. The summed E-state index contributed by atoms with van der Waals surface area (Å²) in [7, 11) is 0. The normalized spacial score (nSPS) is 15.3. The van der Waals surface area contributed by atoms with Crippen molar-refractivity contribution in [3.63, 3.8) is 0 Å². The van der Waals surface area contributed by atoms with Crippen molar-refractivity contribution in [3.8, 4) is 17.2 Å². The number of ether oxygens (including phenoxy) is 3. The van der Waals surface area contributed by atoms with Gasteiger partial charge in [0.05, 0.1) is 0 Å². The maximum Gasteiger partial charge on any atom is 0.308 e. The lowest BCUT2D eigenvalue weighted by atomic mass is 9.93. The van der Waals surface area contributed by atoms with Crippen LogP contribution in [-0.2, 0) is 9.59 Å². The summed E-state index contributed by atoms with van der Waals surface area (Å²) in [5.41, 5.74) is 2.97. The van der Waals surface area contributed by atoms with Crippen molar-refractivity contribution >= 4 is 23.6 Å². The minimum atomic E-state index is -0.364. The van der Waals surface area contributed by atoms with E-state index >= 15 is 0 Å². The topological polar surface area (TPSA) is 61.8 Å². The molecule has 3 rings (SSSR count). The molecule has 134 valence electrons. The van der Waals surface area contributed by atoms with Crippen molar-refractivity contribution in [1.29, 1.82) is 0 Å². The molecule has 1 aliphatic rings. The summed E-state index contributed by atoms with van der Waals surface area (Å²) in [6, 6.07) is 12.7. The van der Waals surface area contributed by atoms with Gasteiger partial charge in [-0.1, -0.05) is 19.1 Å². The van der Waals surface area contributed by atoms with Crippen molar-refractivity contribution in [2.24, 2.45) is 0 Å². The molecule has 0 aromatic heterocycles. The van der Waals surface area contributed by atoms with Gasteiger partial charge < -0.3 is 14.2 Å². The fourth-order valence-corrected chi connectivity index (χ4v) is 2.90. The molecular formula is C21H20O5. The zero-order chi connectivity index (χ0) is 18.7. The highest BCUT2D eigenvalue weighted by Gasteiger charge is 2.23. The van der Waals surface area contributed by atoms with Crippen LogP contribution >= 0.6 is 0 Å². The molecule has 0 unspecified atom stereocenters. The molecule has 1 heterocycles. The van der Waals surface area contributed by atoms with Crippen LogP contribution < -0.4 is 14.2 Å². The Hall–Kier alpha value is -3.08. The molecule has 0 saturated carbocycles. The second-order valence-corrected chi connectivity index (χ2v) is 6.03. The first kappa shape index (κ1) is 17.7. The molecule has 0 radical (unpaired) electrons. The molecule has 5 heteroatoms. The summed E-state index contributed by atoms with van der Waals surface area (Å²) in [5, 5.41) is 0. The maximum absolute atomic E-state index is 11.1. The highest BCUT2D eigenvalue weighted by molar-refractivity contribution is 5.87. The number of esters is 2. The van der Waals surface area contributed by atoms with E-state index in [1.165, 1.54) is 13.8 Å². The summed E-state index contributed by atoms with van der Waals surface area (Å²) in [5.74, 6) is 0.960. The Balaban J connectivity index is 1.92. The summed E-state index contributed by atoms with van der Waals surface area (Å²) in [6.07, 6.45) is 2.75.